The van der Waals surface area contributed by atoms with E-state index in [2.05, 4.69) is 0 Å². The minimum absolute atomic E-state index is 0.0195. The van der Waals surface area contributed by atoms with Crippen molar-refractivity contribution in [3.05, 3.63) is 70.0 Å². The molecule has 2 aliphatic rings. The van der Waals surface area contributed by atoms with Crippen LogP contribution in [0.25, 0.3) is 0 Å². The molecule has 1 aliphatic heterocycles. The fourth-order valence-corrected chi connectivity index (χ4v) is 4.54. The molecule has 2 aromatic rings. The summed E-state index contributed by atoms with van der Waals surface area (Å²) < 4.78 is 16.9. The Morgan fingerprint density at radius 2 is 2.03 bits per heavy atom. The van der Waals surface area contributed by atoms with E-state index >= 15 is 0 Å². The zero-order valence-electron chi connectivity index (χ0n) is 17.7. The van der Waals surface area contributed by atoms with Crippen molar-refractivity contribution in [3.63, 3.8) is 0 Å². The van der Waals surface area contributed by atoms with Crippen LogP contribution >= 0.6 is 0 Å². The summed E-state index contributed by atoms with van der Waals surface area (Å²) in [5.41, 5.74) is 0.0868. The second-order valence-electron chi connectivity index (χ2n) is 8.56. The number of ether oxygens (including phenoxy) is 2. The van der Waals surface area contributed by atoms with E-state index in [1.807, 2.05) is 37.3 Å². The molecule has 0 saturated heterocycles. The average Bonchev–Trinajstić information content (AvgIpc) is 3.43. The van der Waals surface area contributed by atoms with Gasteiger partial charge in [-0.3, -0.25) is 0 Å². The lowest BCUT2D eigenvalue weighted by Crippen LogP contribution is -2.31. The van der Waals surface area contributed by atoms with Gasteiger partial charge in [-0.25, -0.2) is 4.79 Å². The second kappa shape index (κ2) is 8.58. The summed E-state index contributed by atoms with van der Waals surface area (Å²) >= 11 is 0. The van der Waals surface area contributed by atoms with Crippen LogP contribution in [0.3, 0.4) is 0 Å². The maximum Gasteiger partial charge on any atom is 0.347 e. The fraction of sp³-hybridized carbons (Fsp3) is 0.480. The van der Waals surface area contributed by atoms with Crippen LogP contribution in [-0.2, 0) is 16.8 Å². The molecule has 1 saturated carbocycles. The van der Waals surface area contributed by atoms with Gasteiger partial charge < -0.3 is 19.0 Å². The maximum atomic E-state index is 13.0. The van der Waals surface area contributed by atoms with E-state index in [0.717, 1.165) is 30.6 Å². The Bertz CT molecular complexity index is 944. The van der Waals surface area contributed by atoms with Gasteiger partial charge in [-0.15, -0.1) is 0 Å². The van der Waals surface area contributed by atoms with Crippen molar-refractivity contribution in [2.75, 3.05) is 7.11 Å². The molecule has 2 heterocycles. The van der Waals surface area contributed by atoms with Gasteiger partial charge in [0.05, 0.1) is 13.4 Å². The zero-order chi connectivity index (χ0) is 21.1. The van der Waals surface area contributed by atoms with Gasteiger partial charge in [0.1, 0.15) is 28.4 Å². The maximum absolute atomic E-state index is 13.0. The first-order valence-corrected chi connectivity index (χ1v) is 10.9. The van der Waals surface area contributed by atoms with Crippen LogP contribution in [0.15, 0.2) is 51.9 Å². The van der Waals surface area contributed by atoms with Gasteiger partial charge in [0.15, 0.2) is 0 Å². The molecule has 1 fully saturated rings. The molecule has 5 nitrogen and oxygen atoms in total. The third kappa shape index (κ3) is 4.25. The van der Waals surface area contributed by atoms with Crippen molar-refractivity contribution in [1.82, 2.24) is 0 Å². The Balaban J connectivity index is 1.64. The molecule has 0 bridgehead atoms. The molecular formula is C25H30O5. The number of aromatic hydroxyl groups is 1. The van der Waals surface area contributed by atoms with Gasteiger partial charge in [0, 0.05) is 18.4 Å². The number of rotatable bonds is 9. The van der Waals surface area contributed by atoms with Gasteiger partial charge in [0.2, 0.25) is 0 Å². The van der Waals surface area contributed by atoms with Crippen molar-refractivity contribution >= 4 is 0 Å². The van der Waals surface area contributed by atoms with E-state index < -0.39 is 11.2 Å². The SMILES string of the molecule is CCCC1(c2c(O)cc(C(Cc3ccc(OC)cc3)CC3CC3)oc2=O)CC=CO1. The molecule has 1 aliphatic carbocycles. The lowest BCUT2D eigenvalue weighted by molar-refractivity contribution is 0.0256. The van der Waals surface area contributed by atoms with Crippen LogP contribution in [0, 0.1) is 5.92 Å². The Hall–Kier alpha value is -2.69. The normalized spacial score (nSPS) is 21.4. The van der Waals surface area contributed by atoms with Crippen LogP contribution < -0.4 is 10.4 Å². The van der Waals surface area contributed by atoms with E-state index in [1.54, 1.807) is 19.4 Å². The molecule has 2 unspecified atom stereocenters. The van der Waals surface area contributed by atoms with Crippen molar-refractivity contribution in [2.24, 2.45) is 5.92 Å². The molecule has 4 rings (SSSR count). The highest BCUT2D eigenvalue weighted by Crippen LogP contribution is 2.44. The molecular weight excluding hydrogens is 380 g/mol. The van der Waals surface area contributed by atoms with Crippen LogP contribution in [-0.4, -0.2) is 12.2 Å². The molecule has 1 aromatic carbocycles. The summed E-state index contributed by atoms with van der Waals surface area (Å²) in [7, 11) is 1.65. The summed E-state index contributed by atoms with van der Waals surface area (Å²) in [6.45, 7) is 2.04. The Kier molecular flexibility index (Phi) is 5.89. The summed E-state index contributed by atoms with van der Waals surface area (Å²) in [5.74, 6) is 2.06. The predicted molar refractivity (Wildman–Crippen MR) is 115 cm³/mol. The highest BCUT2D eigenvalue weighted by Gasteiger charge is 2.41. The largest absolute Gasteiger partial charge is 0.507 e. The van der Waals surface area contributed by atoms with Crippen molar-refractivity contribution in [3.8, 4) is 11.5 Å². The van der Waals surface area contributed by atoms with E-state index in [9.17, 15) is 9.90 Å². The molecule has 1 aromatic heterocycles. The predicted octanol–water partition coefficient (Wildman–Crippen LogP) is 5.41. The highest BCUT2D eigenvalue weighted by atomic mass is 16.5. The molecule has 30 heavy (non-hydrogen) atoms. The van der Waals surface area contributed by atoms with Crippen LogP contribution in [0.1, 0.15) is 68.3 Å². The quantitative estimate of drug-likeness (QED) is 0.599. The third-order valence-electron chi connectivity index (χ3n) is 6.25. The fourth-order valence-electron chi connectivity index (χ4n) is 4.54. The summed E-state index contributed by atoms with van der Waals surface area (Å²) in [6, 6.07) is 9.61. The Morgan fingerprint density at radius 3 is 2.60 bits per heavy atom. The molecule has 160 valence electrons. The van der Waals surface area contributed by atoms with E-state index in [4.69, 9.17) is 13.9 Å². The standard InChI is InChI=1S/C25H30O5/c1-3-11-25(12-4-13-29-25)23-21(26)16-22(30-24(23)27)19(14-17-5-6-17)15-18-7-9-20(28-2)10-8-18/h4,7-10,13,16-17,19,26H,3,5-6,11-12,14-15H2,1-2H3. The lowest BCUT2D eigenvalue weighted by atomic mass is 9.86. The Labute approximate surface area is 177 Å². The smallest absolute Gasteiger partial charge is 0.347 e. The van der Waals surface area contributed by atoms with Crippen LogP contribution in [0.2, 0.25) is 0 Å². The van der Waals surface area contributed by atoms with E-state index in [-0.39, 0.29) is 17.2 Å². The van der Waals surface area contributed by atoms with Crippen molar-refractivity contribution in [1.29, 1.82) is 0 Å². The van der Waals surface area contributed by atoms with Gasteiger partial charge >= 0.3 is 5.63 Å². The highest BCUT2D eigenvalue weighted by molar-refractivity contribution is 5.38. The van der Waals surface area contributed by atoms with E-state index in [1.165, 1.54) is 12.8 Å². The first kappa shape index (κ1) is 20.6. The van der Waals surface area contributed by atoms with Crippen molar-refractivity contribution < 1.29 is 19.0 Å². The minimum atomic E-state index is -0.820. The molecule has 0 radical (unpaired) electrons. The van der Waals surface area contributed by atoms with Gasteiger partial charge in [-0.1, -0.05) is 38.3 Å². The molecule has 0 spiro atoms. The van der Waals surface area contributed by atoms with E-state index in [0.29, 0.717) is 24.5 Å². The number of benzene rings is 1. The molecule has 0 amide bonds. The first-order chi connectivity index (χ1) is 14.5. The number of hydrogen-bond donors (Lipinski definition) is 1. The topological polar surface area (TPSA) is 68.9 Å². The van der Waals surface area contributed by atoms with Gasteiger partial charge in [0.25, 0.3) is 0 Å². The van der Waals surface area contributed by atoms with Crippen LogP contribution in [0.5, 0.6) is 11.5 Å². The summed E-state index contributed by atoms with van der Waals surface area (Å²) in [6.07, 6.45) is 9.68. The van der Waals surface area contributed by atoms with Crippen molar-refractivity contribution in [2.45, 2.75) is 63.4 Å². The molecule has 5 heteroatoms. The monoisotopic (exact) mass is 410 g/mol. The third-order valence-corrected chi connectivity index (χ3v) is 6.25. The Morgan fingerprint density at radius 1 is 1.27 bits per heavy atom. The second-order valence-corrected chi connectivity index (χ2v) is 8.56. The average molecular weight is 411 g/mol. The van der Waals surface area contributed by atoms with Gasteiger partial charge in [-0.2, -0.15) is 0 Å². The van der Waals surface area contributed by atoms with Crippen LogP contribution in [0.4, 0.5) is 0 Å². The minimum Gasteiger partial charge on any atom is -0.507 e. The zero-order valence-corrected chi connectivity index (χ0v) is 17.7. The lowest BCUT2D eigenvalue weighted by Gasteiger charge is -2.28. The number of methoxy groups -OCH3 is 1. The molecule has 2 atom stereocenters. The molecule has 1 N–H and O–H groups in total. The first-order valence-electron chi connectivity index (χ1n) is 10.9. The summed E-state index contributed by atoms with van der Waals surface area (Å²) in [4.78, 5) is 13.0. The summed E-state index contributed by atoms with van der Waals surface area (Å²) in [5, 5.41) is 10.9. The van der Waals surface area contributed by atoms with Gasteiger partial charge in [-0.05, 0) is 49.0 Å². The number of hydrogen-bond acceptors (Lipinski definition) is 5.